The van der Waals surface area contributed by atoms with Crippen LogP contribution in [0.25, 0.3) is 10.8 Å². The highest BCUT2D eigenvalue weighted by Gasteiger charge is 2.55. The number of amides is 4. The maximum Gasteiger partial charge on any atom is 0.325 e. The fourth-order valence-corrected chi connectivity index (χ4v) is 4.31. The van der Waals surface area contributed by atoms with E-state index in [4.69, 9.17) is 0 Å². The number of carbonyl (C=O) groups is 3. The number of nitrogens with zero attached hydrogens (tertiary/aromatic N) is 1. The fraction of sp³-hybridized carbons (Fsp3) is 0.381. The number of hydrogen-bond acceptors (Lipinski definition) is 3. The number of anilines is 1. The van der Waals surface area contributed by atoms with Crippen molar-refractivity contribution in [3.63, 3.8) is 0 Å². The summed E-state index contributed by atoms with van der Waals surface area (Å²) in [6.45, 7) is 1.72. The van der Waals surface area contributed by atoms with Gasteiger partial charge in [-0.3, -0.25) is 14.5 Å². The molecule has 140 valence electrons. The van der Waals surface area contributed by atoms with Crippen LogP contribution in [0, 0.1) is 5.92 Å². The predicted molar refractivity (Wildman–Crippen MR) is 103 cm³/mol. The Balaban J connectivity index is 1.51. The van der Waals surface area contributed by atoms with Crippen molar-refractivity contribution in [3.8, 4) is 0 Å². The van der Waals surface area contributed by atoms with Crippen molar-refractivity contribution in [1.82, 2.24) is 10.2 Å². The molecule has 1 spiro atoms. The van der Waals surface area contributed by atoms with Crippen LogP contribution < -0.4 is 10.6 Å². The summed E-state index contributed by atoms with van der Waals surface area (Å²) in [4.78, 5) is 39.0. The number of urea groups is 1. The zero-order chi connectivity index (χ0) is 19.0. The molecule has 2 fully saturated rings. The molecule has 2 unspecified atom stereocenters. The summed E-state index contributed by atoms with van der Waals surface area (Å²) in [6, 6.07) is 12.9. The SMILES string of the molecule is CC1CCCCC12NC(=O)N(CC(=O)Nc1cccc3ccccc13)C2=O. The lowest BCUT2D eigenvalue weighted by Gasteiger charge is -2.36. The van der Waals surface area contributed by atoms with E-state index in [1.807, 2.05) is 49.4 Å². The average molecular weight is 365 g/mol. The Kier molecular flexibility index (Phi) is 4.34. The van der Waals surface area contributed by atoms with Gasteiger partial charge in [-0.25, -0.2) is 4.79 Å². The van der Waals surface area contributed by atoms with Gasteiger partial charge in [-0.1, -0.05) is 56.2 Å². The summed E-state index contributed by atoms with van der Waals surface area (Å²) in [5, 5.41) is 7.65. The van der Waals surface area contributed by atoms with E-state index in [2.05, 4.69) is 10.6 Å². The zero-order valence-corrected chi connectivity index (χ0v) is 15.3. The van der Waals surface area contributed by atoms with E-state index < -0.39 is 11.6 Å². The first-order chi connectivity index (χ1) is 13.0. The maximum absolute atomic E-state index is 13.0. The molecule has 4 amide bonds. The van der Waals surface area contributed by atoms with Crippen LogP contribution in [0.1, 0.15) is 32.6 Å². The van der Waals surface area contributed by atoms with Gasteiger partial charge in [-0.15, -0.1) is 0 Å². The van der Waals surface area contributed by atoms with Gasteiger partial charge in [-0.05, 0) is 30.2 Å². The fourth-order valence-electron chi connectivity index (χ4n) is 4.31. The molecule has 2 atom stereocenters. The van der Waals surface area contributed by atoms with Crippen LogP contribution in [0.15, 0.2) is 42.5 Å². The summed E-state index contributed by atoms with van der Waals surface area (Å²) < 4.78 is 0. The van der Waals surface area contributed by atoms with Crippen molar-refractivity contribution in [3.05, 3.63) is 42.5 Å². The number of hydrogen-bond donors (Lipinski definition) is 2. The monoisotopic (exact) mass is 365 g/mol. The van der Waals surface area contributed by atoms with Gasteiger partial charge < -0.3 is 10.6 Å². The summed E-state index contributed by atoms with van der Waals surface area (Å²) in [5.41, 5.74) is -0.166. The van der Waals surface area contributed by atoms with Crippen molar-refractivity contribution in [2.45, 2.75) is 38.1 Å². The average Bonchev–Trinajstić information content (AvgIpc) is 2.89. The van der Waals surface area contributed by atoms with Crippen LogP contribution in [0.5, 0.6) is 0 Å². The molecular formula is C21H23N3O3. The molecule has 1 saturated heterocycles. The van der Waals surface area contributed by atoms with Crippen molar-refractivity contribution in [2.24, 2.45) is 5.92 Å². The van der Waals surface area contributed by atoms with Crippen molar-refractivity contribution < 1.29 is 14.4 Å². The third-order valence-electron chi connectivity index (χ3n) is 5.87. The van der Waals surface area contributed by atoms with Gasteiger partial charge in [0.2, 0.25) is 5.91 Å². The predicted octanol–water partition coefficient (Wildman–Crippen LogP) is 3.28. The minimum absolute atomic E-state index is 0.0776. The van der Waals surface area contributed by atoms with Crippen LogP contribution in [0.3, 0.4) is 0 Å². The van der Waals surface area contributed by atoms with E-state index in [0.29, 0.717) is 12.1 Å². The van der Waals surface area contributed by atoms with Gasteiger partial charge in [-0.2, -0.15) is 0 Å². The molecule has 1 aliphatic carbocycles. The van der Waals surface area contributed by atoms with Crippen LogP contribution in [-0.4, -0.2) is 34.8 Å². The molecule has 2 aromatic rings. The minimum atomic E-state index is -0.838. The molecule has 0 bridgehead atoms. The molecule has 6 heteroatoms. The lowest BCUT2D eigenvalue weighted by atomic mass is 9.73. The van der Waals surface area contributed by atoms with E-state index in [1.54, 1.807) is 0 Å². The third kappa shape index (κ3) is 2.95. The smallest absolute Gasteiger partial charge is 0.324 e. The first kappa shape index (κ1) is 17.5. The molecule has 2 aliphatic rings. The van der Waals surface area contributed by atoms with Gasteiger partial charge in [0, 0.05) is 11.1 Å². The Hall–Kier alpha value is -2.89. The topological polar surface area (TPSA) is 78.5 Å². The number of carbonyl (C=O) groups excluding carboxylic acids is 3. The zero-order valence-electron chi connectivity index (χ0n) is 15.3. The van der Waals surface area contributed by atoms with Crippen LogP contribution in [0.2, 0.25) is 0 Å². The molecule has 6 nitrogen and oxygen atoms in total. The highest BCUT2D eigenvalue weighted by atomic mass is 16.2. The second kappa shape index (κ2) is 6.68. The van der Waals surface area contributed by atoms with Gasteiger partial charge in [0.15, 0.2) is 0 Å². The number of imide groups is 1. The molecule has 1 heterocycles. The molecule has 2 aromatic carbocycles. The summed E-state index contributed by atoms with van der Waals surface area (Å²) in [6.07, 6.45) is 3.52. The Bertz CT molecular complexity index is 921. The highest BCUT2D eigenvalue weighted by molar-refractivity contribution is 6.11. The first-order valence-corrected chi connectivity index (χ1v) is 9.43. The molecule has 0 radical (unpaired) electrons. The highest BCUT2D eigenvalue weighted by Crippen LogP contribution is 2.38. The molecule has 0 aromatic heterocycles. The van der Waals surface area contributed by atoms with Crippen molar-refractivity contribution in [1.29, 1.82) is 0 Å². The van der Waals surface area contributed by atoms with Crippen LogP contribution in [-0.2, 0) is 9.59 Å². The van der Waals surface area contributed by atoms with Gasteiger partial charge in [0.1, 0.15) is 12.1 Å². The summed E-state index contributed by atoms with van der Waals surface area (Å²) in [5.74, 6) is -0.572. The standard InChI is InChI=1S/C21H23N3O3/c1-14-7-4-5-12-21(14)19(26)24(20(27)23-21)13-18(25)22-17-11-6-9-15-8-2-3-10-16(15)17/h2-3,6,8-11,14H,4-5,7,12-13H2,1H3,(H,22,25)(H,23,27). The van der Waals surface area contributed by atoms with Gasteiger partial charge >= 0.3 is 6.03 Å². The van der Waals surface area contributed by atoms with Gasteiger partial charge in [0.05, 0.1) is 0 Å². The molecule has 1 saturated carbocycles. The van der Waals surface area contributed by atoms with Crippen molar-refractivity contribution in [2.75, 3.05) is 11.9 Å². The second-order valence-electron chi connectivity index (χ2n) is 7.51. The minimum Gasteiger partial charge on any atom is -0.324 e. The summed E-state index contributed by atoms with van der Waals surface area (Å²) in [7, 11) is 0. The second-order valence-corrected chi connectivity index (χ2v) is 7.51. The Morgan fingerprint density at radius 2 is 1.96 bits per heavy atom. The van der Waals surface area contributed by atoms with E-state index in [-0.39, 0.29) is 24.3 Å². The van der Waals surface area contributed by atoms with Gasteiger partial charge in [0.25, 0.3) is 5.91 Å². The van der Waals surface area contributed by atoms with E-state index in [1.165, 1.54) is 0 Å². The number of fused-ring (bicyclic) bond motifs is 1. The van der Waals surface area contributed by atoms with E-state index in [0.717, 1.165) is 34.9 Å². The van der Waals surface area contributed by atoms with E-state index in [9.17, 15) is 14.4 Å². The lowest BCUT2D eigenvalue weighted by molar-refractivity contribution is -0.136. The Morgan fingerprint density at radius 1 is 1.19 bits per heavy atom. The first-order valence-electron chi connectivity index (χ1n) is 9.43. The quantitative estimate of drug-likeness (QED) is 0.820. The molecule has 27 heavy (non-hydrogen) atoms. The molecule has 2 N–H and O–H groups in total. The third-order valence-corrected chi connectivity index (χ3v) is 5.87. The molecular weight excluding hydrogens is 342 g/mol. The maximum atomic E-state index is 13.0. The normalized spacial score (nSPS) is 25.1. The Morgan fingerprint density at radius 3 is 2.78 bits per heavy atom. The largest absolute Gasteiger partial charge is 0.325 e. The summed E-state index contributed by atoms with van der Waals surface area (Å²) >= 11 is 0. The number of rotatable bonds is 3. The molecule has 1 aliphatic heterocycles. The Labute approximate surface area is 157 Å². The van der Waals surface area contributed by atoms with Crippen molar-refractivity contribution >= 4 is 34.3 Å². The number of nitrogens with one attached hydrogen (secondary N) is 2. The number of benzene rings is 2. The van der Waals surface area contributed by atoms with Crippen LogP contribution >= 0.6 is 0 Å². The van der Waals surface area contributed by atoms with E-state index >= 15 is 0 Å². The van der Waals surface area contributed by atoms with Crippen LogP contribution in [0.4, 0.5) is 10.5 Å². The molecule has 4 rings (SSSR count). The lowest BCUT2D eigenvalue weighted by Crippen LogP contribution is -2.54.